The monoisotopic (exact) mass is 337 g/mol. The van der Waals surface area contributed by atoms with Gasteiger partial charge in [0.1, 0.15) is 5.82 Å². The molecule has 0 unspecified atom stereocenters. The van der Waals surface area contributed by atoms with Crippen molar-refractivity contribution in [1.29, 1.82) is 0 Å². The van der Waals surface area contributed by atoms with E-state index in [0.717, 1.165) is 21.6 Å². The van der Waals surface area contributed by atoms with Gasteiger partial charge in [-0.15, -0.1) is 0 Å². The maximum Gasteiger partial charge on any atom is 0.120 e. The molecular formula is C15H20BrN3O. The number of aliphatic hydroxyl groups is 1. The molecule has 20 heavy (non-hydrogen) atoms. The van der Waals surface area contributed by atoms with Gasteiger partial charge in [0.25, 0.3) is 0 Å². The van der Waals surface area contributed by atoms with Crippen LogP contribution >= 0.6 is 15.9 Å². The zero-order valence-electron chi connectivity index (χ0n) is 12.0. The number of hydrogen-bond donors (Lipinski definition) is 2. The number of likely N-dealkylation sites (N-methyl/N-ethyl adjacent to an activating group) is 1. The molecule has 0 aliphatic rings. The summed E-state index contributed by atoms with van der Waals surface area (Å²) in [5, 5.41) is 9.80. The molecule has 0 saturated carbocycles. The molecule has 0 atom stereocenters. The fourth-order valence-electron chi connectivity index (χ4n) is 2.19. The lowest BCUT2D eigenvalue weighted by atomic mass is 10.1. The number of nitrogens with one attached hydrogen (secondary N) is 1. The van der Waals surface area contributed by atoms with Crippen LogP contribution in [-0.2, 0) is 6.54 Å². The summed E-state index contributed by atoms with van der Waals surface area (Å²) >= 11 is 3.43. The normalized spacial score (nSPS) is 12.1. The number of imidazole rings is 1. The molecule has 0 saturated heterocycles. The summed E-state index contributed by atoms with van der Waals surface area (Å²) in [6.45, 7) is 4.89. The molecule has 5 heteroatoms. The van der Waals surface area contributed by atoms with Crippen molar-refractivity contribution in [2.45, 2.75) is 26.0 Å². The van der Waals surface area contributed by atoms with Crippen LogP contribution in [0.15, 0.2) is 34.9 Å². The molecule has 4 nitrogen and oxygen atoms in total. The molecule has 108 valence electrons. The van der Waals surface area contributed by atoms with Crippen molar-refractivity contribution in [2.24, 2.45) is 0 Å². The van der Waals surface area contributed by atoms with E-state index in [9.17, 15) is 5.11 Å². The summed E-state index contributed by atoms with van der Waals surface area (Å²) in [5.41, 5.74) is 1.41. The Morgan fingerprint density at radius 2 is 1.95 bits per heavy atom. The summed E-state index contributed by atoms with van der Waals surface area (Å²) in [6, 6.07) is 8.11. The Balaban J connectivity index is 2.04. The Bertz CT molecular complexity index is 557. The maximum atomic E-state index is 9.80. The average Bonchev–Trinajstić information content (AvgIpc) is 2.75. The van der Waals surface area contributed by atoms with Crippen LogP contribution in [0.5, 0.6) is 0 Å². The maximum absolute atomic E-state index is 9.80. The van der Waals surface area contributed by atoms with Gasteiger partial charge < -0.3 is 10.1 Å². The minimum atomic E-state index is -0.699. The van der Waals surface area contributed by atoms with Crippen molar-refractivity contribution in [3.63, 3.8) is 0 Å². The first-order chi connectivity index (χ1) is 9.33. The van der Waals surface area contributed by atoms with Crippen LogP contribution in [-0.4, -0.2) is 39.2 Å². The Kier molecular flexibility index (Phi) is 4.62. The Morgan fingerprint density at radius 3 is 2.55 bits per heavy atom. The van der Waals surface area contributed by atoms with Crippen LogP contribution in [0.25, 0.3) is 11.3 Å². The first kappa shape index (κ1) is 15.2. The van der Waals surface area contributed by atoms with Crippen LogP contribution in [0.2, 0.25) is 0 Å². The molecule has 0 fully saturated rings. The van der Waals surface area contributed by atoms with Gasteiger partial charge in [-0.25, -0.2) is 4.98 Å². The van der Waals surface area contributed by atoms with E-state index in [4.69, 9.17) is 0 Å². The van der Waals surface area contributed by atoms with E-state index in [1.807, 2.05) is 42.4 Å². The van der Waals surface area contributed by atoms with Gasteiger partial charge in [0, 0.05) is 11.0 Å². The molecule has 0 amide bonds. The molecule has 0 spiro atoms. The lowest BCUT2D eigenvalue weighted by Crippen LogP contribution is -2.36. The van der Waals surface area contributed by atoms with Crippen molar-refractivity contribution < 1.29 is 5.11 Å². The summed E-state index contributed by atoms with van der Waals surface area (Å²) in [7, 11) is 1.97. The molecule has 1 aromatic carbocycles. The van der Waals surface area contributed by atoms with Gasteiger partial charge in [-0.1, -0.05) is 28.1 Å². The van der Waals surface area contributed by atoms with Gasteiger partial charge in [-0.2, -0.15) is 0 Å². The number of H-pyrrole nitrogens is 1. The second-order valence-electron chi connectivity index (χ2n) is 5.74. The van der Waals surface area contributed by atoms with Crippen LogP contribution in [0.4, 0.5) is 0 Å². The molecule has 0 bridgehead atoms. The van der Waals surface area contributed by atoms with E-state index in [1.54, 1.807) is 13.8 Å². The summed E-state index contributed by atoms with van der Waals surface area (Å²) in [4.78, 5) is 9.76. The quantitative estimate of drug-likeness (QED) is 0.881. The SMILES string of the molecule is CN(Cc1ncc(-c2ccc(Br)cc2)[nH]1)CC(C)(C)O. The van der Waals surface area contributed by atoms with E-state index >= 15 is 0 Å². The highest BCUT2D eigenvalue weighted by Gasteiger charge is 2.16. The number of rotatable bonds is 5. The summed E-state index contributed by atoms with van der Waals surface area (Å²) < 4.78 is 1.06. The highest BCUT2D eigenvalue weighted by Crippen LogP contribution is 2.20. The van der Waals surface area contributed by atoms with Crippen LogP contribution < -0.4 is 0 Å². The zero-order valence-corrected chi connectivity index (χ0v) is 13.6. The molecule has 1 aromatic heterocycles. The predicted octanol–water partition coefficient (Wildman–Crippen LogP) is 3.04. The third-order valence-electron chi connectivity index (χ3n) is 2.86. The first-order valence-electron chi connectivity index (χ1n) is 6.54. The lowest BCUT2D eigenvalue weighted by molar-refractivity contribution is 0.0419. The first-order valence-corrected chi connectivity index (χ1v) is 7.33. The van der Waals surface area contributed by atoms with E-state index < -0.39 is 5.60 Å². The van der Waals surface area contributed by atoms with Crippen molar-refractivity contribution in [3.8, 4) is 11.3 Å². The molecule has 1 heterocycles. The van der Waals surface area contributed by atoms with E-state index in [0.29, 0.717) is 13.1 Å². The largest absolute Gasteiger partial charge is 0.389 e. The minimum Gasteiger partial charge on any atom is -0.389 e. The van der Waals surface area contributed by atoms with E-state index in [-0.39, 0.29) is 0 Å². The Labute approximate surface area is 128 Å². The number of hydrogen-bond acceptors (Lipinski definition) is 3. The standard InChI is InChI=1S/C15H20BrN3O/c1-15(2,20)10-19(3)9-14-17-8-13(18-14)11-4-6-12(16)7-5-11/h4-8,20H,9-10H2,1-3H3,(H,17,18). The Morgan fingerprint density at radius 1 is 1.30 bits per heavy atom. The van der Waals surface area contributed by atoms with E-state index in [1.165, 1.54) is 0 Å². The van der Waals surface area contributed by atoms with Gasteiger partial charge in [-0.3, -0.25) is 4.90 Å². The number of nitrogens with zero attached hydrogens (tertiary/aromatic N) is 2. The van der Waals surface area contributed by atoms with Crippen LogP contribution in [0.3, 0.4) is 0 Å². The van der Waals surface area contributed by atoms with Gasteiger partial charge in [0.2, 0.25) is 0 Å². The smallest absolute Gasteiger partial charge is 0.120 e. The number of benzene rings is 1. The highest BCUT2D eigenvalue weighted by atomic mass is 79.9. The van der Waals surface area contributed by atoms with Gasteiger partial charge in [0.05, 0.1) is 24.0 Å². The molecule has 0 aliphatic carbocycles. The van der Waals surface area contributed by atoms with E-state index in [2.05, 4.69) is 25.9 Å². The minimum absolute atomic E-state index is 0.599. The summed E-state index contributed by atoms with van der Waals surface area (Å²) in [6.07, 6.45) is 1.84. The third-order valence-corrected chi connectivity index (χ3v) is 3.39. The third kappa shape index (κ3) is 4.44. The predicted molar refractivity (Wildman–Crippen MR) is 84.4 cm³/mol. The van der Waals surface area contributed by atoms with Crippen molar-refractivity contribution in [2.75, 3.05) is 13.6 Å². The number of aromatic nitrogens is 2. The van der Waals surface area contributed by atoms with Gasteiger partial charge >= 0.3 is 0 Å². The summed E-state index contributed by atoms with van der Waals surface area (Å²) in [5.74, 6) is 0.898. The molecule has 0 aliphatic heterocycles. The fraction of sp³-hybridized carbons (Fsp3) is 0.400. The lowest BCUT2D eigenvalue weighted by Gasteiger charge is -2.24. The van der Waals surface area contributed by atoms with Crippen LogP contribution in [0, 0.1) is 0 Å². The van der Waals surface area contributed by atoms with Crippen molar-refractivity contribution in [3.05, 3.63) is 40.8 Å². The average molecular weight is 338 g/mol. The van der Waals surface area contributed by atoms with Gasteiger partial charge in [-0.05, 0) is 38.6 Å². The topological polar surface area (TPSA) is 52.2 Å². The van der Waals surface area contributed by atoms with Crippen molar-refractivity contribution in [1.82, 2.24) is 14.9 Å². The van der Waals surface area contributed by atoms with Crippen molar-refractivity contribution >= 4 is 15.9 Å². The zero-order chi connectivity index (χ0) is 14.8. The number of halogens is 1. The second kappa shape index (κ2) is 6.08. The molecule has 2 rings (SSSR count). The fourth-order valence-corrected chi connectivity index (χ4v) is 2.46. The Hall–Kier alpha value is -1.17. The molecular weight excluding hydrogens is 318 g/mol. The molecule has 2 N–H and O–H groups in total. The molecule has 2 aromatic rings. The second-order valence-corrected chi connectivity index (χ2v) is 6.65. The molecule has 0 radical (unpaired) electrons. The van der Waals surface area contributed by atoms with Gasteiger partial charge in [0.15, 0.2) is 0 Å². The van der Waals surface area contributed by atoms with Crippen LogP contribution in [0.1, 0.15) is 19.7 Å². The highest BCUT2D eigenvalue weighted by molar-refractivity contribution is 9.10. The number of aromatic amines is 1.